The molecule has 8 nitrogen and oxygen atoms in total. The number of carbonyl (C=O) groups is 2. The highest BCUT2D eigenvalue weighted by Crippen LogP contribution is 2.33. The third kappa shape index (κ3) is 5.22. The second-order valence-corrected chi connectivity index (χ2v) is 6.31. The van der Waals surface area contributed by atoms with Crippen molar-refractivity contribution in [1.29, 1.82) is 0 Å². The van der Waals surface area contributed by atoms with E-state index < -0.39 is 40.9 Å². The molecule has 13 heteroatoms. The average Bonchev–Trinajstić information content (AvgIpc) is 2.70. The fourth-order valence-electron chi connectivity index (χ4n) is 2.26. The first kappa shape index (κ1) is 21.9. The third-order valence-corrected chi connectivity index (χ3v) is 3.99. The summed E-state index contributed by atoms with van der Waals surface area (Å²) in [4.78, 5) is 27.6. The number of hydrogen-bond donors (Lipinski definition) is 2. The lowest BCUT2D eigenvalue weighted by Gasteiger charge is -2.13. The second-order valence-electron chi connectivity index (χ2n) is 5.90. The summed E-state index contributed by atoms with van der Waals surface area (Å²) in [6.45, 7) is 0. The van der Waals surface area contributed by atoms with Gasteiger partial charge >= 0.3 is 6.18 Å². The minimum Gasteiger partial charge on any atom is -0.435 e. The molecule has 0 unspecified atom stereocenters. The first-order valence-electron chi connectivity index (χ1n) is 8.18. The van der Waals surface area contributed by atoms with Crippen LogP contribution in [0.1, 0.15) is 26.4 Å². The lowest BCUT2D eigenvalue weighted by Crippen LogP contribution is -2.18. The maximum Gasteiger partial charge on any atom is 0.435 e. The van der Waals surface area contributed by atoms with Gasteiger partial charge in [0.25, 0.3) is 11.8 Å². The summed E-state index contributed by atoms with van der Waals surface area (Å²) < 4.78 is 57.9. The van der Waals surface area contributed by atoms with E-state index >= 15 is 0 Å². The van der Waals surface area contributed by atoms with E-state index in [0.717, 1.165) is 36.7 Å². The van der Waals surface area contributed by atoms with Crippen LogP contribution in [0.5, 0.6) is 11.6 Å². The van der Waals surface area contributed by atoms with E-state index in [1.54, 1.807) is 0 Å². The number of halogens is 5. The zero-order valence-corrected chi connectivity index (χ0v) is 15.8. The Morgan fingerprint density at radius 2 is 1.84 bits per heavy atom. The number of benzene rings is 1. The SMILES string of the molecule is NC(=O)c1cncc(NC(=O)c2cc(C(F)(F)F)nnc2Oc2cc(F)ccc2Cl)c1. The molecule has 0 saturated heterocycles. The Bertz CT molecular complexity index is 1170. The van der Waals surface area contributed by atoms with Crippen molar-refractivity contribution in [3.05, 3.63) is 70.4 Å². The Kier molecular flexibility index (Phi) is 6.02. The fourth-order valence-corrected chi connectivity index (χ4v) is 2.41. The third-order valence-electron chi connectivity index (χ3n) is 3.68. The Hall–Kier alpha value is -3.80. The van der Waals surface area contributed by atoms with Crippen LogP contribution in [0.15, 0.2) is 42.7 Å². The van der Waals surface area contributed by atoms with Crippen molar-refractivity contribution in [2.45, 2.75) is 6.18 Å². The molecule has 0 atom stereocenters. The van der Waals surface area contributed by atoms with Crippen LogP contribution in [0.3, 0.4) is 0 Å². The van der Waals surface area contributed by atoms with Crippen molar-refractivity contribution < 1.29 is 31.9 Å². The van der Waals surface area contributed by atoms with Crippen LogP contribution in [0.2, 0.25) is 5.02 Å². The summed E-state index contributed by atoms with van der Waals surface area (Å²) in [5, 5.41) is 8.45. The van der Waals surface area contributed by atoms with E-state index in [0.29, 0.717) is 6.07 Å². The number of anilines is 1. The largest absolute Gasteiger partial charge is 0.435 e. The van der Waals surface area contributed by atoms with Gasteiger partial charge in [-0.3, -0.25) is 14.6 Å². The molecule has 0 aliphatic heterocycles. The molecule has 3 aromatic rings. The molecule has 31 heavy (non-hydrogen) atoms. The van der Waals surface area contributed by atoms with Crippen LogP contribution < -0.4 is 15.8 Å². The number of carbonyl (C=O) groups excluding carboxylic acids is 2. The summed E-state index contributed by atoms with van der Waals surface area (Å²) in [6.07, 6.45) is -2.65. The van der Waals surface area contributed by atoms with E-state index in [4.69, 9.17) is 22.1 Å². The molecule has 3 N–H and O–H groups in total. The molecular weight excluding hydrogens is 446 g/mol. The summed E-state index contributed by atoms with van der Waals surface area (Å²) in [6, 6.07) is 4.58. The quantitative estimate of drug-likeness (QED) is 0.564. The van der Waals surface area contributed by atoms with Gasteiger partial charge in [-0.15, -0.1) is 10.2 Å². The highest BCUT2D eigenvalue weighted by Gasteiger charge is 2.35. The molecule has 2 aromatic heterocycles. The van der Waals surface area contributed by atoms with Gasteiger partial charge in [0.2, 0.25) is 5.91 Å². The monoisotopic (exact) mass is 455 g/mol. The molecule has 0 saturated carbocycles. The van der Waals surface area contributed by atoms with Gasteiger partial charge in [0.15, 0.2) is 11.4 Å². The molecule has 2 heterocycles. The van der Waals surface area contributed by atoms with Crippen molar-refractivity contribution >= 4 is 29.1 Å². The van der Waals surface area contributed by atoms with Crippen LogP contribution in [-0.2, 0) is 6.18 Å². The van der Waals surface area contributed by atoms with Gasteiger partial charge in [0, 0.05) is 12.3 Å². The van der Waals surface area contributed by atoms with Crippen molar-refractivity contribution in [3.63, 3.8) is 0 Å². The topological polar surface area (TPSA) is 120 Å². The molecular formula is C18H10ClF4N5O3. The zero-order chi connectivity index (χ0) is 22.8. The lowest BCUT2D eigenvalue weighted by atomic mass is 10.2. The molecule has 1 aromatic carbocycles. The van der Waals surface area contributed by atoms with Crippen LogP contribution in [0, 0.1) is 5.82 Å². The molecule has 0 radical (unpaired) electrons. The van der Waals surface area contributed by atoms with E-state index in [9.17, 15) is 27.2 Å². The lowest BCUT2D eigenvalue weighted by molar-refractivity contribution is -0.141. The first-order valence-corrected chi connectivity index (χ1v) is 8.56. The van der Waals surface area contributed by atoms with Gasteiger partial charge in [-0.25, -0.2) is 4.39 Å². The van der Waals surface area contributed by atoms with Gasteiger partial charge in [-0.05, 0) is 24.3 Å². The number of rotatable bonds is 5. The van der Waals surface area contributed by atoms with Crippen molar-refractivity contribution in [1.82, 2.24) is 15.2 Å². The normalized spacial score (nSPS) is 11.1. The van der Waals surface area contributed by atoms with Crippen molar-refractivity contribution in [3.8, 4) is 11.6 Å². The fraction of sp³-hybridized carbons (Fsp3) is 0.0556. The summed E-state index contributed by atoms with van der Waals surface area (Å²) >= 11 is 5.89. The van der Waals surface area contributed by atoms with Gasteiger partial charge in [-0.1, -0.05) is 11.6 Å². The first-order chi connectivity index (χ1) is 14.5. The van der Waals surface area contributed by atoms with Gasteiger partial charge in [0.1, 0.15) is 11.4 Å². The van der Waals surface area contributed by atoms with E-state index in [1.807, 2.05) is 0 Å². The minimum absolute atomic E-state index is 0.0404. The number of aromatic nitrogens is 3. The average molecular weight is 456 g/mol. The Morgan fingerprint density at radius 3 is 2.52 bits per heavy atom. The minimum atomic E-state index is -4.91. The van der Waals surface area contributed by atoms with Crippen LogP contribution in [0.25, 0.3) is 0 Å². The van der Waals surface area contributed by atoms with Gasteiger partial charge in [0.05, 0.1) is 22.5 Å². The number of amides is 2. The highest BCUT2D eigenvalue weighted by molar-refractivity contribution is 6.32. The van der Waals surface area contributed by atoms with Crippen molar-refractivity contribution in [2.75, 3.05) is 5.32 Å². The summed E-state index contributed by atoms with van der Waals surface area (Å²) in [5.41, 5.74) is 2.88. The van der Waals surface area contributed by atoms with Crippen LogP contribution in [0.4, 0.5) is 23.2 Å². The number of pyridine rings is 1. The number of nitrogens with two attached hydrogens (primary N) is 1. The van der Waals surface area contributed by atoms with Gasteiger partial charge in [-0.2, -0.15) is 13.2 Å². The number of alkyl halides is 3. The zero-order valence-electron chi connectivity index (χ0n) is 15.1. The number of hydrogen-bond acceptors (Lipinski definition) is 6. The second kappa shape index (κ2) is 8.52. The molecule has 0 spiro atoms. The Balaban J connectivity index is 2.01. The van der Waals surface area contributed by atoms with Crippen LogP contribution in [-0.4, -0.2) is 27.0 Å². The van der Waals surface area contributed by atoms with Crippen LogP contribution >= 0.6 is 11.6 Å². The van der Waals surface area contributed by atoms with Crippen molar-refractivity contribution in [2.24, 2.45) is 5.73 Å². The smallest absolute Gasteiger partial charge is 0.435 e. The summed E-state index contributed by atoms with van der Waals surface area (Å²) in [7, 11) is 0. The number of primary amides is 1. The number of nitrogens with one attached hydrogen (secondary N) is 1. The highest BCUT2D eigenvalue weighted by atomic mass is 35.5. The maximum absolute atomic E-state index is 13.5. The number of ether oxygens (including phenoxy) is 1. The number of nitrogens with zero attached hydrogens (tertiary/aromatic N) is 3. The molecule has 160 valence electrons. The molecule has 0 aliphatic rings. The molecule has 0 fully saturated rings. The molecule has 0 bridgehead atoms. The van der Waals surface area contributed by atoms with E-state index in [2.05, 4.69) is 20.5 Å². The standard InChI is InChI=1S/C18H10ClF4N5O3/c19-12-2-1-9(20)4-13(12)31-17-11(5-14(27-28-17)18(21,22)23)16(30)26-10-3-8(15(24)29)6-25-7-10/h1-7H,(H2,24,29)(H,26,30). The predicted molar refractivity (Wildman–Crippen MR) is 99.2 cm³/mol. The molecule has 0 aliphatic carbocycles. The molecule has 2 amide bonds. The van der Waals surface area contributed by atoms with E-state index in [1.165, 1.54) is 0 Å². The maximum atomic E-state index is 13.5. The molecule has 3 rings (SSSR count). The Labute approximate surface area is 176 Å². The Morgan fingerprint density at radius 1 is 1.10 bits per heavy atom. The van der Waals surface area contributed by atoms with Gasteiger partial charge < -0.3 is 15.8 Å². The van der Waals surface area contributed by atoms with E-state index in [-0.39, 0.29) is 22.0 Å². The predicted octanol–water partition coefficient (Wildman–Crippen LogP) is 3.83. The summed E-state index contributed by atoms with van der Waals surface area (Å²) in [5.74, 6) is -3.66.